The maximum Gasteiger partial charge on any atom is 0.328 e. The second-order valence-corrected chi connectivity index (χ2v) is 6.29. The lowest BCUT2D eigenvalue weighted by Crippen LogP contribution is -2.18. The Hall–Kier alpha value is -3.32. The molecule has 1 aliphatic rings. The van der Waals surface area contributed by atoms with Gasteiger partial charge in [0.15, 0.2) is 11.5 Å². The van der Waals surface area contributed by atoms with Crippen LogP contribution >= 0.6 is 0 Å². The van der Waals surface area contributed by atoms with E-state index in [0.717, 1.165) is 35.8 Å². The van der Waals surface area contributed by atoms with Gasteiger partial charge in [0.25, 0.3) is 0 Å². The van der Waals surface area contributed by atoms with Gasteiger partial charge in [-0.1, -0.05) is 30.3 Å². The summed E-state index contributed by atoms with van der Waals surface area (Å²) >= 11 is 0. The molecule has 0 amide bonds. The third kappa shape index (κ3) is 6.44. The van der Waals surface area contributed by atoms with Crippen molar-refractivity contribution < 1.29 is 29.3 Å². The number of carbonyl (C=O) groups is 2. The summed E-state index contributed by atoms with van der Waals surface area (Å²) in [6.07, 6.45) is 2.07. The zero-order valence-electron chi connectivity index (χ0n) is 15.7. The van der Waals surface area contributed by atoms with Gasteiger partial charge in [-0.15, -0.1) is 0 Å². The van der Waals surface area contributed by atoms with Gasteiger partial charge in [0, 0.05) is 30.7 Å². The highest BCUT2D eigenvalue weighted by Gasteiger charge is 2.24. The van der Waals surface area contributed by atoms with Crippen molar-refractivity contribution in [2.24, 2.45) is 0 Å². The number of nitrogens with zero attached hydrogens (tertiary/aromatic N) is 1. The Morgan fingerprint density at radius 3 is 2.04 bits per heavy atom. The van der Waals surface area contributed by atoms with Gasteiger partial charge in [-0.2, -0.15) is 0 Å². The molecule has 0 radical (unpaired) electrons. The van der Waals surface area contributed by atoms with Gasteiger partial charge in [0.2, 0.25) is 0 Å². The van der Waals surface area contributed by atoms with Crippen molar-refractivity contribution in [3.05, 3.63) is 66.2 Å². The van der Waals surface area contributed by atoms with Crippen LogP contribution in [0.2, 0.25) is 0 Å². The highest BCUT2D eigenvalue weighted by Crippen LogP contribution is 2.42. The lowest BCUT2D eigenvalue weighted by Gasteiger charge is -2.20. The molecule has 0 aliphatic carbocycles. The van der Waals surface area contributed by atoms with Gasteiger partial charge in [-0.05, 0) is 32.3 Å². The number of para-hydroxylation sites is 3. The second kappa shape index (κ2) is 10.1. The molecule has 2 N–H and O–H groups in total. The molecule has 7 heteroatoms. The summed E-state index contributed by atoms with van der Waals surface area (Å²) in [4.78, 5) is 21.3. The predicted octanol–water partition coefficient (Wildman–Crippen LogP) is 3.58. The topological polar surface area (TPSA) is 96.3 Å². The first-order valence-corrected chi connectivity index (χ1v) is 8.68. The number of benzene rings is 2. The molecule has 0 aromatic heterocycles. The smallest absolute Gasteiger partial charge is 0.328 e. The molecule has 1 aliphatic heterocycles. The number of aliphatic carboxylic acids is 2. The molecule has 0 bridgehead atoms. The van der Waals surface area contributed by atoms with Crippen LogP contribution in [0.1, 0.15) is 18.1 Å². The summed E-state index contributed by atoms with van der Waals surface area (Å²) in [7, 11) is 4.15. The van der Waals surface area contributed by atoms with Crippen molar-refractivity contribution in [3.8, 4) is 17.2 Å². The van der Waals surface area contributed by atoms with Crippen molar-refractivity contribution in [1.82, 2.24) is 4.90 Å². The minimum absolute atomic E-state index is 0.0252. The quantitative estimate of drug-likeness (QED) is 0.760. The maximum atomic E-state index is 9.55. The molecule has 1 unspecified atom stereocenters. The van der Waals surface area contributed by atoms with Crippen molar-refractivity contribution in [2.45, 2.75) is 12.5 Å². The Bertz CT molecular complexity index is 830. The van der Waals surface area contributed by atoms with Crippen LogP contribution in [0, 0.1) is 0 Å². The molecule has 28 heavy (non-hydrogen) atoms. The summed E-state index contributed by atoms with van der Waals surface area (Å²) in [6, 6.07) is 16.0. The van der Waals surface area contributed by atoms with E-state index in [-0.39, 0.29) is 6.10 Å². The van der Waals surface area contributed by atoms with Gasteiger partial charge in [-0.25, -0.2) is 9.59 Å². The van der Waals surface area contributed by atoms with Crippen molar-refractivity contribution in [1.29, 1.82) is 0 Å². The average Bonchev–Trinajstić information content (AvgIpc) is 2.81. The Balaban J connectivity index is 0.000000300. The van der Waals surface area contributed by atoms with E-state index >= 15 is 0 Å². The standard InChI is InChI=1S/C17H19NO2.C4H4O4/c1-18(2)12-11-15-13-7-3-4-8-14(13)19-16-9-5-6-10-17(16)20-15;5-3(6)1-2-4(7)8/h3-10,15H,11-12H2,1-2H3;1-2H,(H,5,6)(H,7,8)/b;2-1+. The van der Waals surface area contributed by atoms with E-state index in [1.165, 1.54) is 0 Å². The Morgan fingerprint density at radius 2 is 1.46 bits per heavy atom. The fraction of sp³-hybridized carbons (Fsp3) is 0.238. The van der Waals surface area contributed by atoms with Crippen LogP contribution in [0.5, 0.6) is 17.2 Å². The molecular weight excluding hydrogens is 362 g/mol. The number of carboxylic acid groups (broad SMARTS) is 2. The van der Waals surface area contributed by atoms with Gasteiger partial charge in [0.1, 0.15) is 11.9 Å². The second-order valence-electron chi connectivity index (χ2n) is 6.29. The number of fused-ring (bicyclic) bond motifs is 2. The van der Waals surface area contributed by atoms with E-state index in [4.69, 9.17) is 19.7 Å². The first-order chi connectivity index (χ1) is 13.4. The van der Waals surface area contributed by atoms with Crippen LogP contribution in [0.15, 0.2) is 60.7 Å². The highest BCUT2D eigenvalue weighted by molar-refractivity contribution is 5.89. The SMILES string of the molecule is CN(C)CCC1Oc2ccccc2Oc2ccccc21.O=C(O)/C=C/C(=O)O. The molecule has 7 nitrogen and oxygen atoms in total. The van der Waals surface area contributed by atoms with E-state index in [2.05, 4.69) is 25.1 Å². The number of carboxylic acids is 2. The lowest BCUT2D eigenvalue weighted by molar-refractivity contribution is -0.134. The zero-order valence-corrected chi connectivity index (χ0v) is 15.7. The first-order valence-electron chi connectivity index (χ1n) is 8.68. The van der Waals surface area contributed by atoms with Crippen LogP contribution in [0.3, 0.4) is 0 Å². The number of ether oxygens (including phenoxy) is 2. The monoisotopic (exact) mass is 385 g/mol. The summed E-state index contributed by atoms with van der Waals surface area (Å²) in [6.45, 7) is 0.973. The third-order valence-electron chi connectivity index (χ3n) is 3.81. The number of hydrogen-bond donors (Lipinski definition) is 2. The minimum Gasteiger partial charge on any atom is -0.482 e. The third-order valence-corrected chi connectivity index (χ3v) is 3.81. The Kier molecular flexibility index (Phi) is 7.59. The molecule has 0 saturated carbocycles. The van der Waals surface area contributed by atoms with Crippen LogP contribution in [0.4, 0.5) is 0 Å². The fourth-order valence-electron chi connectivity index (χ4n) is 2.54. The lowest BCUT2D eigenvalue weighted by atomic mass is 10.1. The van der Waals surface area contributed by atoms with Crippen LogP contribution in [-0.2, 0) is 9.59 Å². The zero-order chi connectivity index (χ0) is 20.5. The minimum atomic E-state index is -1.26. The molecule has 0 spiro atoms. The summed E-state index contributed by atoms with van der Waals surface area (Å²) < 4.78 is 12.2. The number of rotatable bonds is 5. The van der Waals surface area contributed by atoms with Crippen LogP contribution in [0.25, 0.3) is 0 Å². The average molecular weight is 385 g/mol. The molecule has 1 heterocycles. The maximum absolute atomic E-state index is 9.55. The summed E-state index contributed by atoms with van der Waals surface area (Å²) in [5, 5.41) is 15.6. The molecule has 1 atom stereocenters. The molecule has 2 aromatic rings. The summed E-state index contributed by atoms with van der Waals surface area (Å²) in [5.41, 5.74) is 1.12. The van der Waals surface area contributed by atoms with Crippen molar-refractivity contribution >= 4 is 11.9 Å². The van der Waals surface area contributed by atoms with E-state index in [0.29, 0.717) is 12.2 Å². The van der Waals surface area contributed by atoms with E-state index in [1.54, 1.807) is 0 Å². The van der Waals surface area contributed by atoms with Gasteiger partial charge in [-0.3, -0.25) is 0 Å². The van der Waals surface area contributed by atoms with Gasteiger partial charge in [0.05, 0.1) is 0 Å². The fourth-order valence-corrected chi connectivity index (χ4v) is 2.54. The number of hydrogen-bond acceptors (Lipinski definition) is 5. The Morgan fingerprint density at radius 1 is 0.929 bits per heavy atom. The van der Waals surface area contributed by atoms with E-state index in [9.17, 15) is 9.59 Å². The first kappa shape index (κ1) is 21.0. The van der Waals surface area contributed by atoms with Crippen LogP contribution in [-0.4, -0.2) is 47.7 Å². The molecule has 2 aromatic carbocycles. The Labute approximate surface area is 163 Å². The van der Waals surface area contributed by atoms with Gasteiger partial charge < -0.3 is 24.6 Å². The molecule has 148 valence electrons. The van der Waals surface area contributed by atoms with Gasteiger partial charge >= 0.3 is 11.9 Å². The molecular formula is C21H23NO6. The van der Waals surface area contributed by atoms with E-state index < -0.39 is 11.9 Å². The summed E-state index contributed by atoms with van der Waals surface area (Å²) in [5.74, 6) is -0.0271. The van der Waals surface area contributed by atoms with Crippen LogP contribution < -0.4 is 9.47 Å². The van der Waals surface area contributed by atoms with Crippen molar-refractivity contribution in [2.75, 3.05) is 20.6 Å². The normalized spacial score (nSPS) is 14.6. The van der Waals surface area contributed by atoms with Crippen molar-refractivity contribution in [3.63, 3.8) is 0 Å². The largest absolute Gasteiger partial charge is 0.482 e. The molecule has 0 fully saturated rings. The van der Waals surface area contributed by atoms with E-state index in [1.807, 2.05) is 42.5 Å². The molecule has 0 saturated heterocycles. The predicted molar refractivity (Wildman–Crippen MR) is 104 cm³/mol. The molecule has 3 rings (SSSR count). The highest BCUT2D eigenvalue weighted by atomic mass is 16.5.